The predicted octanol–water partition coefficient (Wildman–Crippen LogP) is 4.14. The summed E-state index contributed by atoms with van der Waals surface area (Å²) >= 11 is 6.06. The molecule has 2 rings (SSSR count). The highest BCUT2D eigenvalue weighted by Gasteiger charge is 2.33. The highest BCUT2D eigenvalue weighted by Crippen LogP contribution is 2.23. The molecule has 0 radical (unpaired) electrons. The van der Waals surface area contributed by atoms with Crippen LogP contribution in [0.2, 0.25) is 5.02 Å². The first-order valence-corrected chi connectivity index (χ1v) is 13.3. The number of anilines is 1. The molecule has 0 aliphatic heterocycles. The van der Waals surface area contributed by atoms with Crippen molar-refractivity contribution in [1.82, 2.24) is 10.2 Å². The summed E-state index contributed by atoms with van der Waals surface area (Å²) in [7, 11) is -3.80. The monoisotopic (exact) mass is 507 g/mol. The molecule has 2 amide bonds. The van der Waals surface area contributed by atoms with Gasteiger partial charge in [0.15, 0.2) is 0 Å². The van der Waals surface area contributed by atoms with E-state index in [0.29, 0.717) is 11.4 Å². The molecule has 1 atom stereocenters. The Morgan fingerprint density at radius 1 is 1.09 bits per heavy atom. The fraction of sp³-hybridized carbons (Fsp3) is 0.440. The third-order valence-corrected chi connectivity index (χ3v) is 6.51. The lowest BCUT2D eigenvalue weighted by atomic mass is 10.1. The highest BCUT2D eigenvalue weighted by molar-refractivity contribution is 7.92. The molecule has 0 aliphatic rings. The van der Waals surface area contributed by atoms with E-state index in [1.54, 1.807) is 18.2 Å². The Morgan fingerprint density at radius 3 is 2.21 bits per heavy atom. The van der Waals surface area contributed by atoms with Crippen LogP contribution in [-0.2, 0) is 26.2 Å². The number of nitrogens with one attached hydrogen (secondary N) is 1. The van der Waals surface area contributed by atoms with Crippen molar-refractivity contribution in [2.24, 2.45) is 0 Å². The molecule has 0 heterocycles. The number of carbonyl (C=O) groups is 2. The molecule has 0 saturated carbocycles. The number of benzene rings is 2. The second-order valence-corrected chi connectivity index (χ2v) is 11.8. The van der Waals surface area contributed by atoms with Gasteiger partial charge in [-0.15, -0.1) is 0 Å². The summed E-state index contributed by atoms with van der Waals surface area (Å²) < 4.78 is 26.2. The van der Waals surface area contributed by atoms with E-state index in [1.165, 1.54) is 11.0 Å². The van der Waals surface area contributed by atoms with Crippen LogP contribution in [0.25, 0.3) is 0 Å². The number of rotatable bonds is 9. The van der Waals surface area contributed by atoms with Gasteiger partial charge in [-0.1, -0.05) is 54.4 Å². The van der Waals surface area contributed by atoms with E-state index >= 15 is 0 Å². The zero-order chi connectivity index (χ0) is 25.7. The zero-order valence-corrected chi connectivity index (χ0v) is 22.2. The molecule has 9 heteroatoms. The van der Waals surface area contributed by atoms with Crippen LogP contribution >= 0.6 is 11.6 Å². The van der Waals surface area contributed by atoms with E-state index < -0.39 is 34.1 Å². The van der Waals surface area contributed by atoms with Crippen molar-refractivity contribution in [2.45, 2.75) is 59.2 Å². The molecule has 0 fully saturated rings. The molecule has 34 heavy (non-hydrogen) atoms. The van der Waals surface area contributed by atoms with Gasteiger partial charge >= 0.3 is 0 Å². The Bertz CT molecular complexity index is 1110. The number of aryl methyl sites for hydroxylation is 1. The molecule has 0 aliphatic carbocycles. The lowest BCUT2D eigenvalue weighted by molar-refractivity contribution is -0.141. The third kappa shape index (κ3) is 8.02. The topological polar surface area (TPSA) is 86.8 Å². The van der Waals surface area contributed by atoms with Crippen LogP contribution in [-0.4, -0.2) is 49.5 Å². The lowest BCUT2D eigenvalue weighted by Crippen LogP contribution is -2.55. The number of nitrogens with zero attached hydrogens (tertiary/aromatic N) is 2. The summed E-state index contributed by atoms with van der Waals surface area (Å²) in [6.07, 6.45) is 1.41. The van der Waals surface area contributed by atoms with Crippen molar-refractivity contribution in [3.05, 3.63) is 64.7 Å². The van der Waals surface area contributed by atoms with Gasteiger partial charge in [-0.25, -0.2) is 8.42 Å². The van der Waals surface area contributed by atoms with Crippen LogP contribution in [0.1, 0.15) is 45.2 Å². The van der Waals surface area contributed by atoms with Crippen molar-refractivity contribution in [3.8, 4) is 0 Å². The van der Waals surface area contributed by atoms with Crippen molar-refractivity contribution in [3.63, 3.8) is 0 Å². The van der Waals surface area contributed by atoms with Gasteiger partial charge in [0, 0.05) is 17.1 Å². The second kappa shape index (κ2) is 11.2. The van der Waals surface area contributed by atoms with Crippen LogP contribution in [0.5, 0.6) is 0 Å². The number of sulfonamides is 1. The van der Waals surface area contributed by atoms with Crippen molar-refractivity contribution >= 4 is 39.1 Å². The number of hydrogen-bond acceptors (Lipinski definition) is 4. The molecule has 0 spiro atoms. The van der Waals surface area contributed by atoms with Gasteiger partial charge in [-0.05, 0) is 57.9 Å². The maximum absolute atomic E-state index is 13.6. The summed E-state index contributed by atoms with van der Waals surface area (Å²) in [6.45, 7) is 9.12. The molecule has 0 bridgehead atoms. The van der Waals surface area contributed by atoms with Gasteiger partial charge in [0.05, 0.1) is 11.9 Å². The molecule has 0 saturated heterocycles. The normalized spacial score (nSPS) is 12.7. The third-order valence-electron chi connectivity index (χ3n) is 5.13. The molecule has 2 aromatic rings. The van der Waals surface area contributed by atoms with Crippen LogP contribution in [0.4, 0.5) is 5.69 Å². The first-order chi connectivity index (χ1) is 15.7. The SMILES string of the molecule is CCC(C(=O)NC(C)(C)C)N(Cc1ccc(C)cc1)C(=O)CN(c1cccc(Cl)c1)S(C)(=O)=O. The number of carbonyl (C=O) groups excluding carboxylic acids is 2. The Kier molecular flexibility index (Phi) is 9.14. The number of amides is 2. The van der Waals surface area contributed by atoms with E-state index in [-0.39, 0.29) is 18.1 Å². The van der Waals surface area contributed by atoms with E-state index in [1.807, 2.05) is 58.9 Å². The van der Waals surface area contributed by atoms with Gasteiger partial charge in [0.1, 0.15) is 12.6 Å². The van der Waals surface area contributed by atoms with Crippen LogP contribution < -0.4 is 9.62 Å². The van der Waals surface area contributed by atoms with Crippen molar-refractivity contribution < 1.29 is 18.0 Å². The molecule has 1 N–H and O–H groups in total. The minimum atomic E-state index is -3.80. The maximum Gasteiger partial charge on any atom is 0.244 e. The second-order valence-electron chi connectivity index (χ2n) is 9.42. The van der Waals surface area contributed by atoms with E-state index in [9.17, 15) is 18.0 Å². The number of halogens is 1. The zero-order valence-electron chi connectivity index (χ0n) is 20.6. The largest absolute Gasteiger partial charge is 0.350 e. The van der Waals surface area contributed by atoms with E-state index in [0.717, 1.165) is 21.7 Å². The van der Waals surface area contributed by atoms with Crippen LogP contribution in [0.15, 0.2) is 48.5 Å². The van der Waals surface area contributed by atoms with Gasteiger partial charge in [-0.2, -0.15) is 0 Å². The van der Waals surface area contributed by atoms with Crippen LogP contribution in [0, 0.1) is 6.92 Å². The summed E-state index contributed by atoms with van der Waals surface area (Å²) in [5.41, 5.74) is 1.71. The van der Waals surface area contributed by atoms with Gasteiger partial charge in [-0.3, -0.25) is 13.9 Å². The molecular weight excluding hydrogens is 474 g/mol. The molecule has 2 aromatic carbocycles. The predicted molar refractivity (Wildman–Crippen MR) is 137 cm³/mol. The minimum absolute atomic E-state index is 0.169. The summed E-state index contributed by atoms with van der Waals surface area (Å²) in [4.78, 5) is 28.2. The van der Waals surface area contributed by atoms with Gasteiger partial charge < -0.3 is 10.2 Å². The van der Waals surface area contributed by atoms with Crippen molar-refractivity contribution in [2.75, 3.05) is 17.1 Å². The van der Waals surface area contributed by atoms with Crippen LogP contribution in [0.3, 0.4) is 0 Å². The summed E-state index contributed by atoms with van der Waals surface area (Å²) in [6, 6.07) is 13.2. The first-order valence-electron chi connectivity index (χ1n) is 11.1. The smallest absolute Gasteiger partial charge is 0.244 e. The molecule has 186 valence electrons. The Hall–Kier alpha value is -2.58. The average Bonchev–Trinajstić information content (AvgIpc) is 2.71. The average molecular weight is 508 g/mol. The Morgan fingerprint density at radius 2 is 1.71 bits per heavy atom. The molecule has 7 nitrogen and oxygen atoms in total. The molecule has 1 unspecified atom stereocenters. The highest BCUT2D eigenvalue weighted by atomic mass is 35.5. The Labute approximate surface area is 208 Å². The molecule has 0 aromatic heterocycles. The van der Waals surface area contributed by atoms with Crippen molar-refractivity contribution in [1.29, 1.82) is 0 Å². The van der Waals surface area contributed by atoms with E-state index in [2.05, 4.69) is 5.32 Å². The Balaban J connectivity index is 2.45. The summed E-state index contributed by atoms with van der Waals surface area (Å²) in [5, 5.41) is 3.29. The van der Waals surface area contributed by atoms with E-state index in [4.69, 9.17) is 11.6 Å². The summed E-state index contributed by atoms with van der Waals surface area (Å²) in [5.74, 6) is -0.772. The van der Waals surface area contributed by atoms with Gasteiger partial charge in [0.2, 0.25) is 21.8 Å². The quantitative estimate of drug-likeness (QED) is 0.552. The number of hydrogen-bond donors (Lipinski definition) is 1. The lowest BCUT2D eigenvalue weighted by Gasteiger charge is -2.34. The standard InChI is InChI=1S/C25H34ClN3O4S/c1-7-22(24(31)27-25(3,4)5)28(16-19-13-11-18(2)12-14-19)23(30)17-29(34(6,32)33)21-10-8-9-20(26)15-21/h8-15,22H,7,16-17H2,1-6H3,(H,27,31). The maximum atomic E-state index is 13.6. The van der Waals surface area contributed by atoms with Gasteiger partial charge in [0.25, 0.3) is 0 Å². The fourth-order valence-electron chi connectivity index (χ4n) is 3.51. The minimum Gasteiger partial charge on any atom is -0.350 e. The fourth-order valence-corrected chi connectivity index (χ4v) is 4.53. The first kappa shape index (κ1) is 27.7. The molecular formula is C25H34ClN3O4S.